The van der Waals surface area contributed by atoms with Gasteiger partial charge in [-0.05, 0) is 44.5 Å². The highest BCUT2D eigenvalue weighted by Gasteiger charge is 2.30. The van der Waals surface area contributed by atoms with Gasteiger partial charge in [0.05, 0.1) is 5.69 Å². The van der Waals surface area contributed by atoms with Crippen molar-refractivity contribution in [2.24, 2.45) is 0 Å². The molecule has 118 valence electrons. The van der Waals surface area contributed by atoms with E-state index in [0.717, 1.165) is 24.3 Å². The van der Waals surface area contributed by atoms with Crippen LogP contribution in [-0.2, 0) is 6.54 Å². The number of aryl methyl sites for hydroxylation is 1. The Morgan fingerprint density at radius 1 is 1.25 bits per heavy atom. The van der Waals surface area contributed by atoms with Crippen LogP contribution in [0.2, 0.25) is 0 Å². The van der Waals surface area contributed by atoms with E-state index in [4.69, 9.17) is 0 Å². The van der Waals surface area contributed by atoms with Crippen LogP contribution in [0.3, 0.4) is 0 Å². The Balaban J connectivity index is 0. The van der Waals surface area contributed by atoms with E-state index in [0.29, 0.717) is 25.9 Å². The number of rotatable bonds is 4. The second-order valence-electron chi connectivity index (χ2n) is 4.83. The van der Waals surface area contributed by atoms with Crippen molar-refractivity contribution in [2.75, 3.05) is 19.6 Å². The highest BCUT2D eigenvalue weighted by molar-refractivity contribution is 5.86. The molecule has 0 bridgehead atoms. The number of nitrogens with zero attached hydrogens (tertiary/aromatic N) is 1. The van der Waals surface area contributed by atoms with Crippen molar-refractivity contribution < 1.29 is 4.39 Å². The normalized spacial score (nSPS) is 16.3. The van der Waals surface area contributed by atoms with E-state index in [1.165, 1.54) is 0 Å². The number of alkyl halides is 1. The van der Waals surface area contributed by atoms with Crippen molar-refractivity contribution >= 4 is 37.2 Å². The van der Waals surface area contributed by atoms with Gasteiger partial charge in [0.25, 0.3) is 0 Å². The second kappa shape index (κ2) is 10.6. The highest BCUT2D eigenvalue weighted by atomic mass is 35.5. The zero-order chi connectivity index (χ0) is 12.1. The molecule has 0 aliphatic carbocycles. The number of nitrogens with one attached hydrogen (secondary N) is 2. The maximum Gasteiger partial charge on any atom is 0.125 e. The minimum absolute atomic E-state index is 0. The predicted molar refractivity (Wildman–Crippen MR) is 88.4 cm³/mol. The molecule has 3 nitrogen and oxygen atoms in total. The van der Waals surface area contributed by atoms with E-state index < -0.39 is 5.67 Å². The number of hydrogen-bond acceptors (Lipinski definition) is 3. The summed E-state index contributed by atoms with van der Waals surface area (Å²) in [6.07, 6.45) is 3.04. The minimum atomic E-state index is -1.05. The molecule has 1 aliphatic heterocycles. The molecule has 1 aliphatic rings. The number of pyridine rings is 1. The molecule has 1 fully saturated rings. The SMILES string of the molecule is Cc1ccc(CNCC2(F)CCNCC2)nc1.Cl.Cl.Cl. The maximum atomic E-state index is 14.2. The zero-order valence-corrected chi connectivity index (χ0v) is 14.0. The first-order valence-electron chi connectivity index (χ1n) is 6.20. The van der Waals surface area contributed by atoms with E-state index in [1.807, 2.05) is 25.3 Å². The molecule has 0 amide bonds. The van der Waals surface area contributed by atoms with Crippen molar-refractivity contribution in [3.63, 3.8) is 0 Å². The summed E-state index contributed by atoms with van der Waals surface area (Å²) < 4.78 is 14.2. The van der Waals surface area contributed by atoms with E-state index >= 15 is 0 Å². The molecule has 0 radical (unpaired) electrons. The van der Waals surface area contributed by atoms with Gasteiger partial charge in [-0.25, -0.2) is 4.39 Å². The van der Waals surface area contributed by atoms with E-state index in [1.54, 1.807) is 0 Å². The number of piperidine rings is 1. The van der Waals surface area contributed by atoms with Crippen LogP contribution in [0.15, 0.2) is 18.3 Å². The Morgan fingerprint density at radius 2 is 1.90 bits per heavy atom. The fraction of sp³-hybridized carbons (Fsp3) is 0.615. The van der Waals surface area contributed by atoms with Gasteiger partial charge >= 0.3 is 0 Å². The van der Waals surface area contributed by atoms with Crippen LogP contribution in [-0.4, -0.2) is 30.3 Å². The Morgan fingerprint density at radius 3 is 2.45 bits per heavy atom. The lowest BCUT2D eigenvalue weighted by Crippen LogP contribution is -2.45. The number of hydrogen-bond donors (Lipinski definition) is 2. The summed E-state index contributed by atoms with van der Waals surface area (Å²) in [6.45, 7) is 4.63. The molecule has 0 atom stereocenters. The average Bonchev–Trinajstić information content (AvgIpc) is 2.32. The monoisotopic (exact) mass is 345 g/mol. The molecule has 2 heterocycles. The third-order valence-electron chi connectivity index (χ3n) is 3.22. The summed E-state index contributed by atoms with van der Waals surface area (Å²) in [5.41, 5.74) is 1.07. The maximum absolute atomic E-state index is 14.2. The van der Waals surface area contributed by atoms with Crippen LogP contribution < -0.4 is 10.6 Å². The molecule has 1 aromatic rings. The van der Waals surface area contributed by atoms with E-state index in [9.17, 15) is 4.39 Å². The molecule has 0 spiro atoms. The summed E-state index contributed by atoms with van der Waals surface area (Å²) in [4.78, 5) is 4.29. The van der Waals surface area contributed by atoms with Crippen LogP contribution >= 0.6 is 37.2 Å². The lowest BCUT2D eigenvalue weighted by atomic mass is 9.94. The zero-order valence-electron chi connectivity index (χ0n) is 11.5. The van der Waals surface area contributed by atoms with Crippen molar-refractivity contribution in [2.45, 2.75) is 32.0 Å². The summed E-state index contributed by atoms with van der Waals surface area (Å²) >= 11 is 0. The lowest BCUT2D eigenvalue weighted by Gasteiger charge is -2.30. The molecule has 2 N–H and O–H groups in total. The number of aromatic nitrogens is 1. The van der Waals surface area contributed by atoms with Gasteiger partial charge in [0.2, 0.25) is 0 Å². The standard InChI is InChI=1S/C13H20FN3.3ClH/c1-11-2-3-12(17-8-11)9-16-10-13(14)4-6-15-7-5-13;;;/h2-3,8,15-16H,4-7,9-10H2,1H3;3*1H. The van der Waals surface area contributed by atoms with Gasteiger partial charge in [-0.1, -0.05) is 6.07 Å². The largest absolute Gasteiger partial charge is 0.316 e. The molecular weight excluding hydrogens is 324 g/mol. The molecular formula is C13H23Cl3FN3. The first-order chi connectivity index (χ1) is 8.18. The molecule has 20 heavy (non-hydrogen) atoms. The summed E-state index contributed by atoms with van der Waals surface area (Å²) in [5.74, 6) is 0. The second-order valence-corrected chi connectivity index (χ2v) is 4.83. The molecule has 0 unspecified atom stereocenters. The first kappa shape index (κ1) is 22.2. The molecule has 7 heteroatoms. The fourth-order valence-corrected chi connectivity index (χ4v) is 2.07. The van der Waals surface area contributed by atoms with Crippen LogP contribution in [0.4, 0.5) is 4.39 Å². The smallest absolute Gasteiger partial charge is 0.125 e. The Kier molecular flexibility index (Phi) is 11.7. The summed E-state index contributed by atoms with van der Waals surface area (Å²) in [7, 11) is 0. The van der Waals surface area contributed by atoms with E-state index in [2.05, 4.69) is 15.6 Å². The van der Waals surface area contributed by atoms with E-state index in [-0.39, 0.29) is 37.2 Å². The van der Waals surface area contributed by atoms with Gasteiger partial charge in [-0.15, -0.1) is 37.2 Å². The highest BCUT2D eigenvalue weighted by Crippen LogP contribution is 2.21. The van der Waals surface area contributed by atoms with Gasteiger partial charge in [-0.3, -0.25) is 4.98 Å². The molecule has 0 aromatic carbocycles. The molecule has 2 rings (SSSR count). The predicted octanol–water partition coefficient (Wildman–Crippen LogP) is 2.84. The minimum Gasteiger partial charge on any atom is -0.316 e. The third kappa shape index (κ3) is 7.04. The van der Waals surface area contributed by atoms with Crippen molar-refractivity contribution in [3.8, 4) is 0 Å². The molecule has 1 aromatic heterocycles. The summed E-state index contributed by atoms with van der Waals surface area (Å²) in [5, 5.41) is 6.34. The lowest BCUT2D eigenvalue weighted by molar-refractivity contribution is 0.113. The molecule has 0 saturated carbocycles. The molecule has 1 saturated heterocycles. The number of halogens is 4. The van der Waals surface area contributed by atoms with Gasteiger partial charge in [0, 0.05) is 19.3 Å². The van der Waals surface area contributed by atoms with Crippen LogP contribution in [0.1, 0.15) is 24.1 Å². The fourth-order valence-electron chi connectivity index (χ4n) is 2.07. The van der Waals surface area contributed by atoms with Crippen molar-refractivity contribution in [3.05, 3.63) is 29.6 Å². The van der Waals surface area contributed by atoms with Crippen molar-refractivity contribution in [1.29, 1.82) is 0 Å². The quantitative estimate of drug-likeness (QED) is 0.880. The average molecular weight is 347 g/mol. The van der Waals surface area contributed by atoms with Crippen LogP contribution in [0.25, 0.3) is 0 Å². The topological polar surface area (TPSA) is 37.0 Å². The Labute approximate surface area is 138 Å². The Bertz CT molecular complexity index is 356. The van der Waals surface area contributed by atoms with Crippen LogP contribution in [0, 0.1) is 6.92 Å². The Hall–Kier alpha value is -0.130. The van der Waals surface area contributed by atoms with Gasteiger partial charge < -0.3 is 10.6 Å². The van der Waals surface area contributed by atoms with Gasteiger partial charge in [-0.2, -0.15) is 0 Å². The van der Waals surface area contributed by atoms with Gasteiger partial charge in [0.15, 0.2) is 0 Å². The third-order valence-corrected chi connectivity index (χ3v) is 3.22. The van der Waals surface area contributed by atoms with Crippen LogP contribution in [0.5, 0.6) is 0 Å². The summed E-state index contributed by atoms with van der Waals surface area (Å²) in [6, 6.07) is 4.01. The first-order valence-corrected chi connectivity index (χ1v) is 6.20. The van der Waals surface area contributed by atoms with Gasteiger partial charge in [0.1, 0.15) is 5.67 Å². The van der Waals surface area contributed by atoms with Crippen molar-refractivity contribution in [1.82, 2.24) is 15.6 Å².